The molecule has 0 amide bonds. The Bertz CT molecular complexity index is 7890. The molecule has 132 heavy (non-hydrogen) atoms. The predicted molar refractivity (Wildman–Crippen MR) is 529 cm³/mol. The fourth-order valence-corrected chi connectivity index (χ4v) is 19.3. The van der Waals surface area contributed by atoms with Crippen LogP contribution in [0.5, 0.6) is 0 Å². The van der Waals surface area contributed by atoms with Gasteiger partial charge in [0.05, 0.1) is 22.1 Å². The molecule has 11 nitrogen and oxygen atoms in total. The van der Waals surface area contributed by atoms with Gasteiger partial charge in [-0.3, -0.25) is 4.57 Å². The second kappa shape index (κ2) is 34.8. The number of nitrogens with zero attached hydrogens (tertiary/aromatic N) is 11. The number of para-hydroxylation sites is 1. The first-order valence-corrected chi connectivity index (χ1v) is 43.9. The molecule has 0 unspecified atom stereocenters. The SMILES string of the molecule is CC1(C)c2ccccc2-c2cc3c4cc(-c5cccc(N(c6[c-]c(-c7ccccn7)ccc6)c6[c-]c(-c7ccccn7)ccc6)c5)ccc4n(-c4ccccc4)c3cc21.CC1(C)c2ccccc2-c2cc3c4cc(-c5cccc(N(c6[c-]c(-c7ccccn7)ccc6)c6[c-]c(-c7ccccn7)ccc6)c5)ccc4n(-c4nc(-c5ccccc5)nc(-c5ccccc5)n4)c3cc21.[Pt+2].[Pt+2]. The number of aromatic nitrogens is 9. The number of pyridine rings is 4. The molecule has 0 bridgehead atoms. The minimum atomic E-state index is -0.217. The van der Waals surface area contributed by atoms with Crippen LogP contribution in [0, 0.1) is 24.3 Å². The third-order valence-electron chi connectivity index (χ3n) is 25.6. The standard InChI is InChI=1S/C64H43N7.C55H38N4.2Pt/c1-64(2)55-29-10-9-28-51(55)52-40-54-53-39-45(32-33-59(53)71(60(54)41-56(52)64)63-68-61(42-18-5-3-6-19-42)67-62(69-63)43-20-7-4-8-21-43)44-22-15-25-48(36-44)70(49-26-16-23-46(37-49)57-30-11-13-34-65-57)50-27-17-24-47(38-50)58-31-12-14-35-66-58;1-55(2)49-24-7-6-23-45(49)46-35-48-47-34-38(27-28-53(47)59(54(48)36-50(46)55)41-18-4-3-5-19-41)37-15-12-20-42(31-37)58(43-21-13-16-39(32-43)51-25-8-10-29-56-51)44-22-14-17-40(33-44)52-26-9-11-30-57-52;;/h3-36,39-41H,1-2H3;3-31,34-36H,1-2H3;;/q2*-2;2*+2. The first-order chi connectivity index (χ1) is 63.9. The van der Waals surface area contributed by atoms with E-state index in [1.54, 1.807) is 0 Å². The van der Waals surface area contributed by atoms with Gasteiger partial charge in [0.25, 0.3) is 0 Å². The molecule has 0 fully saturated rings. The third kappa shape index (κ3) is 15.1. The Labute approximate surface area is 795 Å². The van der Waals surface area contributed by atoms with Crippen LogP contribution in [-0.2, 0) is 53.0 Å². The number of hydrogen-bond acceptors (Lipinski definition) is 9. The van der Waals surface area contributed by atoms with Gasteiger partial charge in [0, 0.05) is 85.4 Å². The summed E-state index contributed by atoms with van der Waals surface area (Å²) < 4.78 is 4.67. The van der Waals surface area contributed by atoms with Gasteiger partial charge in [0.2, 0.25) is 5.95 Å². The quantitative estimate of drug-likeness (QED) is 0.0874. The van der Waals surface area contributed by atoms with Crippen LogP contribution >= 0.6 is 0 Å². The zero-order chi connectivity index (χ0) is 87.0. The summed E-state index contributed by atoms with van der Waals surface area (Å²) in [6, 6.07) is 153. The van der Waals surface area contributed by atoms with Crippen molar-refractivity contribution in [3.8, 4) is 124 Å². The van der Waals surface area contributed by atoms with Crippen LogP contribution in [0.4, 0.5) is 34.1 Å². The number of anilines is 6. The monoisotopic (exact) mass is 2050 g/mol. The van der Waals surface area contributed by atoms with Gasteiger partial charge >= 0.3 is 42.1 Å². The summed E-state index contributed by atoms with van der Waals surface area (Å²) in [7, 11) is 0. The molecule has 0 atom stereocenters. The Kier molecular flexibility index (Phi) is 22.0. The first-order valence-electron chi connectivity index (χ1n) is 43.9. The molecule has 632 valence electrons. The molecular weight excluding hydrogens is 1970 g/mol. The molecular formula is C119H81N11Pt2. The summed E-state index contributed by atoms with van der Waals surface area (Å²) in [6.07, 6.45) is 7.28. The molecule has 24 rings (SSSR count). The van der Waals surface area contributed by atoms with E-state index in [0.29, 0.717) is 17.6 Å². The summed E-state index contributed by atoms with van der Waals surface area (Å²) in [4.78, 5) is 38.7. The van der Waals surface area contributed by atoms with Gasteiger partial charge in [-0.1, -0.05) is 240 Å². The van der Waals surface area contributed by atoms with Gasteiger partial charge in [-0.05, 0) is 221 Å². The third-order valence-corrected chi connectivity index (χ3v) is 25.6. The van der Waals surface area contributed by atoms with Gasteiger partial charge in [0.1, 0.15) is 0 Å². The fourth-order valence-electron chi connectivity index (χ4n) is 19.3. The Morgan fingerprint density at radius 2 is 0.568 bits per heavy atom. The average molecular weight is 2060 g/mol. The van der Waals surface area contributed by atoms with Gasteiger partial charge in [-0.2, -0.15) is 9.97 Å². The van der Waals surface area contributed by atoms with Gasteiger partial charge < -0.3 is 34.3 Å². The summed E-state index contributed by atoms with van der Waals surface area (Å²) in [5, 5.41) is 4.69. The Hall–Kier alpha value is -15.5. The normalized spacial score (nSPS) is 12.4. The van der Waals surface area contributed by atoms with Crippen molar-refractivity contribution in [2.45, 2.75) is 38.5 Å². The zero-order valence-corrected chi connectivity index (χ0v) is 76.9. The van der Waals surface area contributed by atoms with E-state index in [1.807, 2.05) is 134 Å². The van der Waals surface area contributed by atoms with Crippen molar-refractivity contribution in [2.75, 3.05) is 9.80 Å². The molecule has 2 aliphatic rings. The van der Waals surface area contributed by atoms with Crippen molar-refractivity contribution < 1.29 is 42.1 Å². The van der Waals surface area contributed by atoms with Crippen molar-refractivity contribution in [2.24, 2.45) is 0 Å². The fraction of sp³-hybridized carbons (Fsp3) is 0.0504. The second-order valence-corrected chi connectivity index (χ2v) is 34.1. The molecule has 0 spiro atoms. The Morgan fingerprint density at radius 1 is 0.242 bits per heavy atom. The van der Waals surface area contributed by atoms with Crippen molar-refractivity contribution in [3.63, 3.8) is 0 Å². The molecule has 22 aromatic rings. The molecule has 15 aromatic carbocycles. The summed E-state index contributed by atoms with van der Waals surface area (Å²) in [5.41, 5.74) is 34.5. The second-order valence-electron chi connectivity index (χ2n) is 34.1. The van der Waals surface area contributed by atoms with E-state index in [1.165, 1.54) is 66.3 Å². The van der Waals surface area contributed by atoms with Crippen LogP contribution in [0.15, 0.2) is 419 Å². The van der Waals surface area contributed by atoms with Crippen LogP contribution in [0.2, 0.25) is 0 Å². The number of rotatable bonds is 16. The van der Waals surface area contributed by atoms with E-state index in [-0.39, 0.29) is 53.0 Å². The molecule has 0 aliphatic heterocycles. The Morgan fingerprint density at radius 3 is 0.955 bits per heavy atom. The van der Waals surface area contributed by atoms with E-state index >= 15 is 0 Å². The van der Waals surface area contributed by atoms with Crippen LogP contribution in [0.25, 0.3) is 168 Å². The van der Waals surface area contributed by atoms with Crippen LogP contribution in [0.1, 0.15) is 49.9 Å². The van der Waals surface area contributed by atoms with Crippen molar-refractivity contribution in [3.05, 3.63) is 466 Å². The molecule has 7 heterocycles. The maximum absolute atomic E-state index is 5.28. The maximum Gasteiger partial charge on any atom is 2.00 e. The molecule has 13 heteroatoms. The molecule has 0 radical (unpaired) electrons. The van der Waals surface area contributed by atoms with E-state index < -0.39 is 0 Å². The molecule has 0 saturated heterocycles. The number of hydrogen-bond donors (Lipinski definition) is 0. The van der Waals surface area contributed by atoms with E-state index in [0.717, 1.165) is 140 Å². The van der Waals surface area contributed by atoms with Crippen LogP contribution in [-0.4, -0.2) is 44.0 Å². The molecule has 2 aliphatic carbocycles. The maximum atomic E-state index is 5.28. The van der Waals surface area contributed by atoms with Crippen molar-refractivity contribution in [1.29, 1.82) is 0 Å². The van der Waals surface area contributed by atoms with Crippen molar-refractivity contribution >= 4 is 77.7 Å². The zero-order valence-electron chi connectivity index (χ0n) is 72.4. The van der Waals surface area contributed by atoms with Crippen molar-refractivity contribution in [1.82, 2.24) is 44.0 Å². The smallest absolute Gasteiger partial charge is 0.346 e. The largest absolute Gasteiger partial charge is 2.00 e. The van der Waals surface area contributed by atoms with E-state index in [9.17, 15) is 0 Å². The summed E-state index contributed by atoms with van der Waals surface area (Å²) in [5.74, 6) is 1.79. The molecule has 0 N–H and O–H groups in total. The Balaban J connectivity index is 0.000000159. The van der Waals surface area contributed by atoms with Crippen LogP contribution in [0.3, 0.4) is 0 Å². The van der Waals surface area contributed by atoms with Crippen LogP contribution < -0.4 is 9.80 Å². The molecule has 0 saturated carbocycles. The topological polar surface area (TPSA) is 107 Å². The minimum Gasteiger partial charge on any atom is -0.346 e. The minimum absolute atomic E-state index is 0. The number of benzene rings is 15. The average Bonchev–Trinajstić information content (AvgIpc) is 1.55. The van der Waals surface area contributed by atoms with Gasteiger partial charge in [-0.25, -0.2) is 4.98 Å². The van der Waals surface area contributed by atoms with E-state index in [4.69, 9.17) is 15.0 Å². The van der Waals surface area contributed by atoms with Gasteiger partial charge in [-0.15, -0.1) is 119 Å². The summed E-state index contributed by atoms with van der Waals surface area (Å²) in [6.45, 7) is 9.36. The predicted octanol–water partition coefficient (Wildman–Crippen LogP) is 29.4. The summed E-state index contributed by atoms with van der Waals surface area (Å²) >= 11 is 0. The van der Waals surface area contributed by atoms with Gasteiger partial charge in [0.15, 0.2) is 11.6 Å². The number of fused-ring (bicyclic) bond motifs is 12. The van der Waals surface area contributed by atoms with E-state index in [2.05, 4.69) is 376 Å². The molecule has 7 aromatic heterocycles. The first kappa shape index (κ1) is 83.4.